The molecule has 1 saturated heterocycles. The molecule has 1 unspecified atom stereocenters. The van der Waals surface area contributed by atoms with Gasteiger partial charge in [-0.2, -0.15) is 0 Å². The van der Waals surface area contributed by atoms with Gasteiger partial charge in [0.1, 0.15) is 11.9 Å². The highest BCUT2D eigenvalue weighted by molar-refractivity contribution is 5.89. The Bertz CT molecular complexity index is 975. The maximum Gasteiger partial charge on any atom is 0.328 e. The summed E-state index contributed by atoms with van der Waals surface area (Å²) in [6, 6.07) is 16.4. The number of carboxylic acids is 3. The molecule has 1 atom stereocenters. The van der Waals surface area contributed by atoms with Crippen molar-refractivity contribution >= 4 is 17.9 Å². The number of piperazine rings is 1. The zero-order valence-corrected chi connectivity index (χ0v) is 19.8. The van der Waals surface area contributed by atoms with E-state index in [2.05, 4.69) is 9.80 Å². The molecule has 2 aromatic carbocycles. The molecule has 1 heterocycles. The van der Waals surface area contributed by atoms with E-state index in [-0.39, 0.29) is 18.3 Å². The minimum atomic E-state index is -1.26. The van der Waals surface area contributed by atoms with Crippen molar-refractivity contribution in [3.8, 4) is 0 Å². The van der Waals surface area contributed by atoms with E-state index >= 15 is 0 Å². The molecule has 1 aliphatic heterocycles. The number of hydrogen-bond donors (Lipinski definition) is 3. The first kappa shape index (κ1) is 28.6. The average Bonchev–Trinajstić information content (AvgIpc) is 2.86. The van der Waals surface area contributed by atoms with Gasteiger partial charge >= 0.3 is 17.9 Å². The summed E-state index contributed by atoms with van der Waals surface area (Å²) >= 11 is 0. The Hall–Kier alpha value is -3.60. The molecule has 0 saturated carbocycles. The molecule has 1 fully saturated rings. The predicted molar refractivity (Wildman–Crippen MR) is 130 cm³/mol. The average molecular weight is 503 g/mol. The van der Waals surface area contributed by atoms with Crippen LogP contribution < -0.4 is 0 Å². The molecule has 0 aliphatic carbocycles. The molecule has 2 aromatic rings. The predicted octanol–water partition coefficient (Wildman–Crippen LogP) is 2.74. The van der Waals surface area contributed by atoms with E-state index in [1.54, 1.807) is 12.1 Å². The SMILES string of the molecule is O=C(O)/C=C\C(=O)O.O=C(O)CCN1CCN(CCOC(c2ccccc2)c2ccc(F)cc2)CC1. The number of benzene rings is 2. The van der Waals surface area contributed by atoms with Crippen LogP contribution in [0.4, 0.5) is 4.39 Å². The molecule has 3 N–H and O–H groups in total. The summed E-state index contributed by atoms with van der Waals surface area (Å²) in [5, 5.41) is 24.4. The van der Waals surface area contributed by atoms with E-state index in [4.69, 9.17) is 20.1 Å². The third-order valence-electron chi connectivity index (χ3n) is 5.44. The minimum Gasteiger partial charge on any atom is -0.481 e. The summed E-state index contributed by atoms with van der Waals surface area (Å²) in [4.78, 5) is 34.3. The molecular formula is C26H31FN2O7. The van der Waals surface area contributed by atoms with Crippen molar-refractivity contribution in [2.24, 2.45) is 0 Å². The second-order valence-corrected chi connectivity index (χ2v) is 8.05. The third-order valence-corrected chi connectivity index (χ3v) is 5.44. The Balaban J connectivity index is 0.000000493. The highest BCUT2D eigenvalue weighted by atomic mass is 19.1. The molecule has 0 amide bonds. The van der Waals surface area contributed by atoms with Crippen molar-refractivity contribution in [3.63, 3.8) is 0 Å². The highest BCUT2D eigenvalue weighted by Crippen LogP contribution is 2.26. The molecule has 0 spiro atoms. The molecule has 194 valence electrons. The molecule has 0 aromatic heterocycles. The number of carboxylic acid groups (broad SMARTS) is 3. The van der Waals surface area contributed by atoms with Crippen LogP contribution >= 0.6 is 0 Å². The van der Waals surface area contributed by atoms with E-state index in [1.165, 1.54) is 12.1 Å². The number of aliphatic carboxylic acids is 3. The van der Waals surface area contributed by atoms with Crippen LogP contribution in [0, 0.1) is 5.82 Å². The van der Waals surface area contributed by atoms with E-state index in [0.29, 0.717) is 25.3 Å². The molecule has 1 aliphatic rings. The lowest BCUT2D eigenvalue weighted by Gasteiger charge is -2.34. The quantitative estimate of drug-likeness (QED) is 0.398. The van der Waals surface area contributed by atoms with Crippen LogP contribution in [-0.2, 0) is 19.1 Å². The van der Waals surface area contributed by atoms with Crippen LogP contribution in [0.25, 0.3) is 0 Å². The molecular weight excluding hydrogens is 471 g/mol. The van der Waals surface area contributed by atoms with Gasteiger partial charge in [-0.3, -0.25) is 9.69 Å². The standard InChI is InChI=1S/C22H27FN2O3.C4H4O4/c23-20-8-6-19(7-9-20)22(18-4-2-1-3-5-18)28-17-16-25-14-12-24(13-15-25)11-10-21(26)27;5-3(6)1-2-4(7)8/h1-9,22H,10-17H2,(H,26,27);1-2H,(H,5,6)(H,7,8)/b;2-1-. The lowest BCUT2D eigenvalue weighted by molar-refractivity contribution is -0.137. The van der Waals surface area contributed by atoms with Gasteiger partial charge in [-0.25, -0.2) is 14.0 Å². The van der Waals surface area contributed by atoms with Gasteiger partial charge < -0.3 is 25.0 Å². The summed E-state index contributed by atoms with van der Waals surface area (Å²) in [5.41, 5.74) is 1.98. The zero-order valence-electron chi connectivity index (χ0n) is 19.8. The zero-order chi connectivity index (χ0) is 26.3. The summed E-state index contributed by atoms with van der Waals surface area (Å²) in [6.45, 7) is 5.59. The molecule has 0 radical (unpaired) electrons. The molecule has 0 bridgehead atoms. The minimum absolute atomic E-state index is 0.194. The Morgan fingerprint density at radius 2 is 1.31 bits per heavy atom. The largest absolute Gasteiger partial charge is 0.481 e. The van der Waals surface area contributed by atoms with Crippen molar-refractivity contribution in [1.82, 2.24) is 9.80 Å². The van der Waals surface area contributed by atoms with E-state index in [0.717, 1.165) is 43.9 Å². The first-order chi connectivity index (χ1) is 17.2. The number of halogens is 1. The normalized spacial score (nSPS) is 15.1. The topological polar surface area (TPSA) is 128 Å². The maximum atomic E-state index is 13.3. The fraction of sp³-hybridized carbons (Fsp3) is 0.346. The van der Waals surface area contributed by atoms with Crippen molar-refractivity contribution in [2.45, 2.75) is 12.5 Å². The Labute approximate surface area is 209 Å². The summed E-state index contributed by atoms with van der Waals surface area (Å²) < 4.78 is 19.5. The lowest BCUT2D eigenvalue weighted by atomic mass is 10.0. The first-order valence-corrected chi connectivity index (χ1v) is 11.5. The van der Waals surface area contributed by atoms with Crippen molar-refractivity contribution in [3.05, 3.63) is 83.7 Å². The Morgan fingerprint density at radius 1 is 0.806 bits per heavy atom. The van der Waals surface area contributed by atoms with Gasteiger partial charge in [0.25, 0.3) is 0 Å². The van der Waals surface area contributed by atoms with Crippen LogP contribution in [-0.4, -0.2) is 88.9 Å². The fourth-order valence-electron chi connectivity index (χ4n) is 3.58. The van der Waals surface area contributed by atoms with Crippen LogP contribution in [0.5, 0.6) is 0 Å². The monoisotopic (exact) mass is 502 g/mol. The van der Waals surface area contributed by atoms with Gasteiger partial charge in [0.2, 0.25) is 0 Å². The number of hydrogen-bond acceptors (Lipinski definition) is 6. The summed E-state index contributed by atoms with van der Waals surface area (Å²) in [5.74, 6) is -3.51. The maximum absolute atomic E-state index is 13.3. The Morgan fingerprint density at radius 3 is 1.81 bits per heavy atom. The van der Waals surface area contributed by atoms with Crippen LogP contribution in [0.1, 0.15) is 23.7 Å². The molecule has 3 rings (SSSR count). The van der Waals surface area contributed by atoms with Gasteiger partial charge in [0.05, 0.1) is 13.0 Å². The van der Waals surface area contributed by atoms with Crippen LogP contribution in [0.2, 0.25) is 0 Å². The first-order valence-electron chi connectivity index (χ1n) is 11.5. The molecule has 36 heavy (non-hydrogen) atoms. The number of ether oxygens (including phenoxy) is 1. The number of nitrogens with zero attached hydrogens (tertiary/aromatic N) is 2. The second kappa shape index (κ2) is 15.4. The van der Waals surface area contributed by atoms with Crippen molar-refractivity contribution in [1.29, 1.82) is 0 Å². The van der Waals surface area contributed by atoms with Gasteiger partial charge in [0, 0.05) is 51.4 Å². The lowest BCUT2D eigenvalue weighted by Crippen LogP contribution is -2.47. The second-order valence-electron chi connectivity index (χ2n) is 8.05. The van der Waals surface area contributed by atoms with Crippen molar-refractivity contribution < 1.29 is 38.8 Å². The van der Waals surface area contributed by atoms with E-state index in [1.807, 2.05) is 30.3 Å². The third kappa shape index (κ3) is 11.2. The smallest absolute Gasteiger partial charge is 0.328 e. The summed E-state index contributed by atoms with van der Waals surface area (Å²) in [7, 11) is 0. The van der Waals surface area contributed by atoms with Crippen LogP contribution in [0.15, 0.2) is 66.7 Å². The Kier molecular flexibility index (Phi) is 12.3. The highest BCUT2D eigenvalue weighted by Gasteiger charge is 2.19. The molecule has 10 heteroatoms. The fourth-order valence-corrected chi connectivity index (χ4v) is 3.58. The van der Waals surface area contributed by atoms with Gasteiger partial charge in [-0.15, -0.1) is 0 Å². The number of rotatable bonds is 11. The molecule has 9 nitrogen and oxygen atoms in total. The summed E-state index contributed by atoms with van der Waals surface area (Å²) in [6.07, 6.45) is 1.09. The van der Waals surface area contributed by atoms with Gasteiger partial charge in [-0.05, 0) is 23.3 Å². The van der Waals surface area contributed by atoms with Crippen LogP contribution in [0.3, 0.4) is 0 Å². The van der Waals surface area contributed by atoms with E-state index in [9.17, 15) is 18.8 Å². The van der Waals surface area contributed by atoms with Crippen molar-refractivity contribution in [2.75, 3.05) is 45.9 Å². The van der Waals surface area contributed by atoms with Gasteiger partial charge in [0.15, 0.2) is 0 Å². The van der Waals surface area contributed by atoms with Gasteiger partial charge in [-0.1, -0.05) is 42.5 Å². The number of carbonyl (C=O) groups is 3. The van der Waals surface area contributed by atoms with E-state index < -0.39 is 17.9 Å².